The molecule has 0 saturated carbocycles. The lowest BCUT2D eigenvalue weighted by molar-refractivity contribution is 0.240. The van der Waals surface area contributed by atoms with Crippen LogP contribution in [0.3, 0.4) is 0 Å². The second-order valence-electron chi connectivity index (χ2n) is 5.50. The Bertz CT molecular complexity index is 347. The van der Waals surface area contributed by atoms with Gasteiger partial charge in [0.25, 0.3) is 10.2 Å². The molecule has 0 atom stereocenters. The zero-order valence-electron chi connectivity index (χ0n) is 13.3. The van der Waals surface area contributed by atoms with Gasteiger partial charge in [0.1, 0.15) is 0 Å². The van der Waals surface area contributed by atoms with Gasteiger partial charge in [0.15, 0.2) is 0 Å². The summed E-state index contributed by atoms with van der Waals surface area (Å²) < 4.78 is 29.3. The van der Waals surface area contributed by atoms with E-state index in [4.69, 9.17) is 0 Å². The summed E-state index contributed by atoms with van der Waals surface area (Å²) in [5.74, 6) is 0. The molecule has 0 aromatic rings. The molecule has 1 aliphatic heterocycles. The maximum atomic E-state index is 12.9. The molecule has 1 aliphatic rings. The zero-order chi connectivity index (χ0) is 15.0. The number of hydrogen-bond donors (Lipinski definition) is 1. The summed E-state index contributed by atoms with van der Waals surface area (Å²) in [6.07, 6.45) is 4.45. The van der Waals surface area contributed by atoms with Crippen molar-refractivity contribution in [1.29, 1.82) is 0 Å². The fourth-order valence-electron chi connectivity index (χ4n) is 2.79. The van der Waals surface area contributed by atoms with Crippen molar-refractivity contribution in [2.24, 2.45) is 0 Å². The summed E-state index contributed by atoms with van der Waals surface area (Å²) in [5, 5.41) is 3.31. The van der Waals surface area contributed by atoms with E-state index < -0.39 is 10.2 Å². The van der Waals surface area contributed by atoms with Gasteiger partial charge >= 0.3 is 0 Å². The molecule has 0 radical (unpaired) electrons. The molecular weight excluding hydrogens is 274 g/mol. The van der Waals surface area contributed by atoms with Crippen LogP contribution in [0, 0.1) is 0 Å². The van der Waals surface area contributed by atoms with Crippen molar-refractivity contribution in [3.63, 3.8) is 0 Å². The van der Waals surface area contributed by atoms with Crippen LogP contribution in [0.25, 0.3) is 0 Å². The van der Waals surface area contributed by atoms with Crippen LogP contribution in [0.1, 0.15) is 52.9 Å². The summed E-state index contributed by atoms with van der Waals surface area (Å²) in [6.45, 7) is 9.84. The van der Waals surface area contributed by atoms with Gasteiger partial charge in [-0.05, 0) is 45.2 Å². The standard InChI is InChI=1S/C14H31N3O2S/c1-4-11-16(12-5-2)20(18,19)17(13-6-3)14-7-9-15-10-8-14/h14-15H,4-13H2,1-3H3. The molecular formula is C14H31N3O2S. The zero-order valence-corrected chi connectivity index (χ0v) is 14.1. The highest BCUT2D eigenvalue weighted by atomic mass is 32.2. The molecule has 1 saturated heterocycles. The van der Waals surface area contributed by atoms with Crippen molar-refractivity contribution in [2.75, 3.05) is 32.7 Å². The van der Waals surface area contributed by atoms with Crippen LogP contribution in [0.4, 0.5) is 0 Å². The summed E-state index contributed by atoms with van der Waals surface area (Å²) in [5.41, 5.74) is 0. The molecule has 0 spiro atoms. The van der Waals surface area contributed by atoms with E-state index in [0.717, 1.165) is 45.2 Å². The van der Waals surface area contributed by atoms with Gasteiger partial charge in [0.2, 0.25) is 0 Å². The predicted octanol–water partition coefficient (Wildman–Crippen LogP) is 1.82. The second-order valence-corrected chi connectivity index (χ2v) is 7.38. The summed E-state index contributed by atoms with van der Waals surface area (Å²) in [6, 6.07) is 0.164. The predicted molar refractivity (Wildman–Crippen MR) is 84.0 cm³/mol. The molecule has 0 aliphatic carbocycles. The molecule has 20 heavy (non-hydrogen) atoms. The number of rotatable bonds is 9. The van der Waals surface area contributed by atoms with Crippen LogP contribution >= 0.6 is 0 Å². The summed E-state index contributed by atoms with van der Waals surface area (Å²) in [7, 11) is -3.31. The topological polar surface area (TPSA) is 52.7 Å². The highest BCUT2D eigenvalue weighted by Gasteiger charge is 2.34. The number of piperidine rings is 1. The van der Waals surface area contributed by atoms with Crippen molar-refractivity contribution >= 4 is 10.2 Å². The Labute approximate surface area is 124 Å². The Hall–Kier alpha value is -0.170. The molecule has 0 aromatic carbocycles. The minimum Gasteiger partial charge on any atom is -0.317 e. The minimum atomic E-state index is -3.31. The van der Waals surface area contributed by atoms with E-state index in [1.54, 1.807) is 8.61 Å². The smallest absolute Gasteiger partial charge is 0.282 e. The van der Waals surface area contributed by atoms with Crippen LogP contribution in [0.15, 0.2) is 0 Å². The highest BCUT2D eigenvalue weighted by Crippen LogP contribution is 2.20. The van der Waals surface area contributed by atoms with Gasteiger partial charge in [-0.1, -0.05) is 20.8 Å². The molecule has 0 aromatic heterocycles. The van der Waals surface area contributed by atoms with E-state index >= 15 is 0 Å². The summed E-state index contributed by atoms with van der Waals surface area (Å²) >= 11 is 0. The quantitative estimate of drug-likeness (QED) is 0.707. The Morgan fingerprint density at radius 3 is 1.90 bits per heavy atom. The molecule has 1 fully saturated rings. The first-order chi connectivity index (χ1) is 9.57. The van der Waals surface area contributed by atoms with E-state index in [0.29, 0.717) is 19.6 Å². The molecule has 1 N–H and O–H groups in total. The third kappa shape index (κ3) is 4.69. The number of nitrogens with one attached hydrogen (secondary N) is 1. The average Bonchev–Trinajstić information content (AvgIpc) is 2.45. The van der Waals surface area contributed by atoms with Gasteiger partial charge in [0, 0.05) is 25.7 Å². The van der Waals surface area contributed by atoms with Crippen LogP contribution in [0.2, 0.25) is 0 Å². The Kier molecular flexibility index (Phi) is 8.02. The molecule has 120 valence electrons. The van der Waals surface area contributed by atoms with E-state index in [1.807, 2.05) is 20.8 Å². The van der Waals surface area contributed by atoms with Gasteiger partial charge in [-0.3, -0.25) is 0 Å². The first kappa shape index (κ1) is 17.9. The number of nitrogens with zero attached hydrogens (tertiary/aromatic N) is 2. The van der Waals surface area contributed by atoms with E-state index in [1.165, 1.54) is 0 Å². The van der Waals surface area contributed by atoms with Gasteiger partial charge in [-0.15, -0.1) is 0 Å². The molecule has 6 heteroatoms. The van der Waals surface area contributed by atoms with Gasteiger partial charge in [-0.2, -0.15) is 17.0 Å². The SMILES string of the molecule is CCCN(CCC)S(=O)(=O)N(CCC)C1CCNCC1. The van der Waals surface area contributed by atoms with Crippen LogP contribution in [0.5, 0.6) is 0 Å². The monoisotopic (exact) mass is 305 g/mol. The van der Waals surface area contributed by atoms with Crippen LogP contribution < -0.4 is 5.32 Å². The third-order valence-corrected chi connectivity index (χ3v) is 5.82. The van der Waals surface area contributed by atoms with E-state index in [9.17, 15) is 8.42 Å². The first-order valence-corrected chi connectivity index (χ1v) is 9.45. The van der Waals surface area contributed by atoms with Crippen molar-refractivity contribution in [3.8, 4) is 0 Å². The molecule has 1 heterocycles. The van der Waals surface area contributed by atoms with Crippen molar-refractivity contribution in [2.45, 2.75) is 58.9 Å². The van der Waals surface area contributed by atoms with Gasteiger partial charge in [-0.25, -0.2) is 0 Å². The third-order valence-electron chi connectivity index (χ3n) is 3.73. The Balaban J connectivity index is 2.90. The minimum absolute atomic E-state index is 0.164. The van der Waals surface area contributed by atoms with Crippen molar-refractivity contribution in [1.82, 2.24) is 13.9 Å². The lowest BCUT2D eigenvalue weighted by Crippen LogP contribution is -2.52. The van der Waals surface area contributed by atoms with Gasteiger partial charge < -0.3 is 5.32 Å². The lowest BCUT2D eigenvalue weighted by atomic mass is 10.1. The van der Waals surface area contributed by atoms with Crippen molar-refractivity contribution < 1.29 is 8.42 Å². The molecule has 5 nitrogen and oxygen atoms in total. The van der Waals surface area contributed by atoms with Crippen molar-refractivity contribution in [3.05, 3.63) is 0 Å². The fraction of sp³-hybridized carbons (Fsp3) is 1.00. The van der Waals surface area contributed by atoms with E-state index in [2.05, 4.69) is 5.32 Å². The highest BCUT2D eigenvalue weighted by molar-refractivity contribution is 7.86. The van der Waals surface area contributed by atoms with Crippen LogP contribution in [-0.2, 0) is 10.2 Å². The van der Waals surface area contributed by atoms with Gasteiger partial charge in [0.05, 0.1) is 0 Å². The first-order valence-electron chi connectivity index (χ1n) is 8.05. The molecule has 0 amide bonds. The van der Waals surface area contributed by atoms with E-state index in [-0.39, 0.29) is 6.04 Å². The Morgan fingerprint density at radius 2 is 1.45 bits per heavy atom. The largest absolute Gasteiger partial charge is 0.317 e. The normalized spacial score (nSPS) is 18.1. The molecule has 0 bridgehead atoms. The average molecular weight is 305 g/mol. The fourth-order valence-corrected chi connectivity index (χ4v) is 4.92. The molecule has 1 rings (SSSR count). The second kappa shape index (κ2) is 8.97. The van der Waals surface area contributed by atoms with Crippen LogP contribution in [-0.4, -0.2) is 55.8 Å². The Morgan fingerprint density at radius 1 is 0.950 bits per heavy atom. The maximum absolute atomic E-state index is 12.9. The lowest BCUT2D eigenvalue weighted by Gasteiger charge is -2.37. The summed E-state index contributed by atoms with van der Waals surface area (Å²) in [4.78, 5) is 0. The number of hydrogen-bond acceptors (Lipinski definition) is 3. The maximum Gasteiger partial charge on any atom is 0.282 e. The molecule has 0 unspecified atom stereocenters.